The number of carbonyl (C=O) groups is 2. The average molecular weight is 369 g/mol. The van der Waals surface area contributed by atoms with Crippen LogP contribution in [-0.4, -0.2) is 16.8 Å². The molecular formula is C16H14F3N3O2S. The fourth-order valence-electron chi connectivity index (χ4n) is 2.69. The van der Waals surface area contributed by atoms with E-state index < -0.39 is 35.4 Å². The molecule has 1 fully saturated rings. The number of rotatable bonds is 3. The Morgan fingerprint density at radius 3 is 2.60 bits per heavy atom. The summed E-state index contributed by atoms with van der Waals surface area (Å²) in [6.45, 7) is 1.66. The summed E-state index contributed by atoms with van der Waals surface area (Å²) in [6, 6.07) is 5.24. The van der Waals surface area contributed by atoms with Crippen molar-refractivity contribution in [3.05, 3.63) is 51.5 Å². The maximum absolute atomic E-state index is 13.1. The van der Waals surface area contributed by atoms with Crippen LogP contribution in [0.25, 0.3) is 0 Å². The van der Waals surface area contributed by atoms with Gasteiger partial charge in [-0.1, -0.05) is 18.2 Å². The van der Waals surface area contributed by atoms with Crippen LogP contribution in [0.3, 0.4) is 0 Å². The number of carbonyl (C=O) groups excluding carboxylic acids is 2. The Labute approximate surface area is 145 Å². The normalized spacial score (nSPS) is 19.4. The van der Waals surface area contributed by atoms with Gasteiger partial charge in [0.25, 0.3) is 5.91 Å². The van der Waals surface area contributed by atoms with E-state index in [2.05, 4.69) is 15.8 Å². The van der Waals surface area contributed by atoms with Crippen molar-refractivity contribution in [1.29, 1.82) is 0 Å². The first-order valence-corrected chi connectivity index (χ1v) is 8.33. The topological polar surface area (TPSA) is 71.1 Å². The summed E-state index contributed by atoms with van der Waals surface area (Å²) in [5.74, 6) is -2.09. The summed E-state index contributed by atoms with van der Waals surface area (Å²) in [4.78, 5) is 28.3. The molecule has 1 heterocycles. The van der Waals surface area contributed by atoms with Crippen LogP contribution >= 0.6 is 11.3 Å². The van der Waals surface area contributed by atoms with Crippen LogP contribution < -0.4 is 10.9 Å². The Morgan fingerprint density at radius 1 is 1.24 bits per heavy atom. The first-order chi connectivity index (χ1) is 11.8. The molecule has 2 aromatic rings. The fourth-order valence-corrected chi connectivity index (χ4v) is 3.39. The van der Waals surface area contributed by atoms with E-state index >= 15 is 0 Å². The molecule has 0 spiro atoms. The number of nitrogens with zero attached hydrogens (tertiary/aromatic N) is 1. The van der Waals surface area contributed by atoms with Gasteiger partial charge in [-0.25, -0.2) is 4.98 Å². The van der Waals surface area contributed by atoms with E-state index in [1.54, 1.807) is 6.92 Å². The average Bonchev–Trinajstić information content (AvgIpc) is 3.25. The summed E-state index contributed by atoms with van der Waals surface area (Å²) >= 11 is 1.14. The largest absolute Gasteiger partial charge is 0.416 e. The zero-order valence-electron chi connectivity index (χ0n) is 13.1. The molecule has 1 aliphatic rings. The van der Waals surface area contributed by atoms with E-state index in [1.165, 1.54) is 23.7 Å². The number of hydrazine groups is 1. The molecule has 0 radical (unpaired) electrons. The molecule has 1 aromatic heterocycles. The highest BCUT2D eigenvalue weighted by Gasteiger charge is 2.47. The van der Waals surface area contributed by atoms with Crippen LogP contribution in [0.5, 0.6) is 0 Å². The molecule has 1 saturated carbocycles. The van der Waals surface area contributed by atoms with Gasteiger partial charge >= 0.3 is 6.18 Å². The Balaban J connectivity index is 1.62. The smallest absolute Gasteiger partial charge is 0.273 e. The van der Waals surface area contributed by atoms with E-state index in [9.17, 15) is 22.8 Å². The lowest BCUT2D eigenvalue weighted by Crippen LogP contribution is -2.42. The van der Waals surface area contributed by atoms with Crippen molar-refractivity contribution in [3.63, 3.8) is 0 Å². The lowest BCUT2D eigenvalue weighted by molar-refractivity contribution is -0.138. The molecule has 0 unspecified atom stereocenters. The van der Waals surface area contributed by atoms with Crippen LogP contribution in [0.1, 0.15) is 38.8 Å². The summed E-state index contributed by atoms with van der Waals surface area (Å²) in [7, 11) is 0. The van der Waals surface area contributed by atoms with Crippen molar-refractivity contribution >= 4 is 23.2 Å². The number of halogens is 3. The Morgan fingerprint density at radius 2 is 1.96 bits per heavy atom. The highest BCUT2D eigenvalue weighted by molar-refractivity contribution is 7.11. The fraction of sp³-hybridized carbons (Fsp3) is 0.312. The maximum Gasteiger partial charge on any atom is 0.416 e. The van der Waals surface area contributed by atoms with Crippen molar-refractivity contribution in [2.45, 2.75) is 25.4 Å². The monoisotopic (exact) mass is 369 g/mol. The summed E-state index contributed by atoms with van der Waals surface area (Å²) < 4.78 is 39.2. The highest BCUT2D eigenvalue weighted by atomic mass is 32.1. The lowest BCUT2D eigenvalue weighted by Gasteiger charge is -2.12. The van der Waals surface area contributed by atoms with Crippen LogP contribution in [0, 0.1) is 12.8 Å². The van der Waals surface area contributed by atoms with E-state index in [0.717, 1.165) is 17.4 Å². The Bertz CT molecular complexity index is 819. The van der Waals surface area contributed by atoms with Gasteiger partial charge in [0, 0.05) is 5.92 Å². The number of hydrogen-bond acceptors (Lipinski definition) is 4. The summed E-state index contributed by atoms with van der Waals surface area (Å²) in [5, 5.41) is 0. The molecule has 2 atom stereocenters. The SMILES string of the molecule is Cc1ncsc1C(=O)NNC(=O)[C@@H]1C[C@H]1c1ccccc1C(F)(F)F. The molecule has 3 rings (SSSR count). The van der Waals surface area contributed by atoms with Gasteiger partial charge < -0.3 is 0 Å². The quantitative estimate of drug-likeness (QED) is 0.817. The molecule has 1 aliphatic carbocycles. The van der Waals surface area contributed by atoms with Crippen molar-refractivity contribution in [1.82, 2.24) is 15.8 Å². The van der Waals surface area contributed by atoms with E-state index in [0.29, 0.717) is 17.0 Å². The third kappa shape index (κ3) is 3.65. The number of nitrogens with one attached hydrogen (secondary N) is 2. The van der Waals surface area contributed by atoms with Gasteiger partial charge in [0.1, 0.15) is 4.88 Å². The maximum atomic E-state index is 13.1. The molecule has 0 aliphatic heterocycles. The van der Waals surface area contributed by atoms with Gasteiger partial charge in [-0.15, -0.1) is 11.3 Å². The first-order valence-electron chi connectivity index (χ1n) is 7.45. The minimum absolute atomic E-state index is 0.111. The molecule has 5 nitrogen and oxygen atoms in total. The molecule has 25 heavy (non-hydrogen) atoms. The molecule has 0 saturated heterocycles. The minimum Gasteiger partial charge on any atom is -0.273 e. The third-order valence-electron chi connectivity index (χ3n) is 4.04. The van der Waals surface area contributed by atoms with E-state index in [1.807, 2.05) is 0 Å². The minimum atomic E-state index is -4.46. The lowest BCUT2D eigenvalue weighted by atomic mass is 10.0. The molecule has 132 valence electrons. The number of benzene rings is 1. The van der Waals surface area contributed by atoms with Gasteiger partial charge in [0.2, 0.25) is 5.91 Å². The molecule has 9 heteroatoms. The molecule has 1 aromatic carbocycles. The van der Waals surface area contributed by atoms with Gasteiger partial charge in [-0.05, 0) is 30.9 Å². The zero-order chi connectivity index (χ0) is 18.2. The Hall–Kier alpha value is -2.42. The first kappa shape index (κ1) is 17.4. The van der Waals surface area contributed by atoms with Crippen molar-refractivity contribution in [2.24, 2.45) is 5.92 Å². The molecule has 2 N–H and O–H groups in total. The number of thiazole rings is 1. The van der Waals surface area contributed by atoms with Crippen LogP contribution in [0.4, 0.5) is 13.2 Å². The van der Waals surface area contributed by atoms with E-state index in [4.69, 9.17) is 0 Å². The summed E-state index contributed by atoms with van der Waals surface area (Å²) in [6.07, 6.45) is -4.15. The van der Waals surface area contributed by atoms with Crippen molar-refractivity contribution < 1.29 is 22.8 Å². The van der Waals surface area contributed by atoms with Crippen LogP contribution in [0.2, 0.25) is 0 Å². The number of alkyl halides is 3. The van der Waals surface area contributed by atoms with Gasteiger partial charge in [-0.2, -0.15) is 13.2 Å². The van der Waals surface area contributed by atoms with Gasteiger partial charge in [-0.3, -0.25) is 20.4 Å². The number of aryl methyl sites for hydroxylation is 1. The zero-order valence-corrected chi connectivity index (χ0v) is 13.9. The van der Waals surface area contributed by atoms with E-state index in [-0.39, 0.29) is 5.56 Å². The van der Waals surface area contributed by atoms with Crippen LogP contribution in [-0.2, 0) is 11.0 Å². The number of hydrogen-bond donors (Lipinski definition) is 2. The second-order valence-corrected chi connectivity index (χ2v) is 6.60. The van der Waals surface area contributed by atoms with Gasteiger partial charge in [0.15, 0.2) is 0 Å². The van der Waals surface area contributed by atoms with Gasteiger partial charge in [0.05, 0.1) is 16.8 Å². The Kier molecular flexibility index (Phi) is 4.51. The second kappa shape index (κ2) is 6.47. The van der Waals surface area contributed by atoms with Crippen molar-refractivity contribution in [2.75, 3.05) is 0 Å². The standard InChI is InChI=1S/C16H14F3N3O2S/c1-8-13(25-7-20-8)15(24)22-21-14(23)11-6-10(11)9-4-2-3-5-12(9)16(17,18)19/h2-5,7,10-11H,6H2,1H3,(H,21,23)(H,22,24)/t10-,11+/m0/s1. The summed E-state index contributed by atoms with van der Waals surface area (Å²) in [5.41, 5.74) is 5.99. The third-order valence-corrected chi connectivity index (χ3v) is 4.97. The predicted molar refractivity (Wildman–Crippen MR) is 84.8 cm³/mol. The molecular weight excluding hydrogens is 355 g/mol. The number of aromatic nitrogens is 1. The van der Waals surface area contributed by atoms with Crippen LogP contribution in [0.15, 0.2) is 29.8 Å². The predicted octanol–water partition coefficient (Wildman–Crippen LogP) is 3.04. The second-order valence-electron chi connectivity index (χ2n) is 5.74. The molecule has 2 amide bonds. The van der Waals surface area contributed by atoms with Crippen molar-refractivity contribution in [3.8, 4) is 0 Å². The highest BCUT2D eigenvalue weighted by Crippen LogP contribution is 2.50. The molecule has 0 bridgehead atoms. The number of amides is 2.